The van der Waals surface area contributed by atoms with Gasteiger partial charge in [-0.25, -0.2) is 18.7 Å². The average Bonchev–Trinajstić information content (AvgIpc) is 2.69. The summed E-state index contributed by atoms with van der Waals surface area (Å²) in [5.74, 6) is -0.771. The van der Waals surface area contributed by atoms with Crippen molar-refractivity contribution in [1.29, 1.82) is 0 Å². The Morgan fingerprint density at radius 1 is 1.00 bits per heavy atom. The zero-order valence-corrected chi connectivity index (χ0v) is 13.4. The van der Waals surface area contributed by atoms with Crippen molar-refractivity contribution in [2.45, 2.75) is 0 Å². The number of fused-ring (bicyclic) bond motifs is 1. The molecule has 0 radical (unpaired) electrons. The Kier molecular flexibility index (Phi) is 3.21. The normalized spacial score (nSPS) is 13.1. The summed E-state index contributed by atoms with van der Waals surface area (Å²) in [6.07, 6.45) is 3.15. The second-order valence-corrected chi connectivity index (χ2v) is 5.62. The van der Waals surface area contributed by atoms with Crippen LogP contribution in [0.4, 0.5) is 14.6 Å². The first-order valence-corrected chi connectivity index (χ1v) is 7.76. The Bertz CT molecular complexity index is 1200. The zero-order chi connectivity index (χ0) is 20.6. The van der Waals surface area contributed by atoms with Crippen LogP contribution in [0.25, 0.3) is 33.4 Å². The van der Waals surface area contributed by atoms with Gasteiger partial charge in [-0.3, -0.25) is 4.98 Å². The van der Waals surface area contributed by atoms with Crippen LogP contribution in [-0.2, 0) is 0 Å². The van der Waals surface area contributed by atoms with E-state index >= 15 is 0 Å². The van der Waals surface area contributed by atoms with Crippen LogP contribution in [0.3, 0.4) is 0 Å². The second-order valence-electron chi connectivity index (χ2n) is 5.62. The van der Waals surface area contributed by atoms with Crippen LogP contribution >= 0.6 is 0 Å². The molecule has 2 aromatic heterocycles. The number of anilines is 1. The average molecular weight is 351 g/mol. The molecule has 0 aliphatic rings. The number of benzene rings is 2. The van der Waals surface area contributed by atoms with Crippen molar-refractivity contribution in [3.63, 3.8) is 0 Å². The van der Waals surface area contributed by atoms with E-state index < -0.39 is 18.6 Å². The third-order valence-electron chi connectivity index (χ3n) is 3.97. The summed E-state index contributed by atoms with van der Waals surface area (Å²) in [6.45, 7) is -2.47. The lowest BCUT2D eigenvalue weighted by molar-refractivity contribution is 0.603. The minimum Gasteiger partial charge on any atom is -0.373 e. The summed E-state index contributed by atoms with van der Waals surface area (Å²) in [7, 11) is 0. The number of nitrogens with zero attached hydrogens (tertiary/aromatic N) is 3. The predicted molar refractivity (Wildman–Crippen MR) is 97.7 cm³/mol. The van der Waals surface area contributed by atoms with Crippen LogP contribution in [0.5, 0.6) is 0 Å². The molecule has 0 spiro atoms. The zero-order valence-electron chi connectivity index (χ0n) is 16.4. The van der Waals surface area contributed by atoms with E-state index in [0.29, 0.717) is 22.0 Å². The highest BCUT2D eigenvalue weighted by Gasteiger charge is 2.12. The topological polar surface area (TPSA) is 50.7 Å². The third-order valence-corrected chi connectivity index (χ3v) is 3.97. The lowest BCUT2D eigenvalue weighted by atomic mass is 10.0. The highest BCUT2D eigenvalue weighted by Crippen LogP contribution is 2.30. The Hall–Kier alpha value is -3.41. The molecule has 0 saturated heterocycles. The number of hydrogen-bond acceptors (Lipinski definition) is 4. The first kappa shape index (κ1) is 12.9. The molecule has 26 heavy (non-hydrogen) atoms. The first-order chi connectivity index (χ1) is 13.8. The highest BCUT2D eigenvalue weighted by atomic mass is 19.1. The van der Waals surface area contributed by atoms with Crippen LogP contribution in [0, 0.1) is 11.6 Å². The van der Waals surface area contributed by atoms with Crippen molar-refractivity contribution < 1.29 is 12.9 Å². The Morgan fingerprint density at radius 2 is 1.92 bits per heavy atom. The molecule has 4 rings (SSSR count). The number of nitrogens with one attached hydrogen (secondary N) is 1. The van der Waals surface area contributed by atoms with Crippen molar-refractivity contribution >= 4 is 16.7 Å². The van der Waals surface area contributed by atoms with Crippen molar-refractivity contribution in [2.75, 3.05) is 12.3 Å². The van der Waals surface area contributed by atoms with Gasteiger partial charge in [-0.2, -0.15) is 0 Å². The van der Waals surface area contributed by atoms with Gasteiger partial charge < -0.3 is 5.32 Å². The van der Waals surface area contributed by atoms with E-state index in [9.17, 15) is 8.78 Å². The number of aromatic nitrogens is 3. The van der Waals surface area contributed by atoms with Gasteiger partial charge in [-0.05, 0) is 48.0 Å². The van der Waals surface area contributed by atoms with Gasteiger partial charge in [-0.1, -0.05) is 6.07 Å². The molecule has 0 fully saturated rings. The predicted octanol–water partition coefficient (Wildman–Crippen LogP) is 4.68. The van der Waals surface area contributed by atoms with Crippen molar-refractivity contribution in [3.8, 4) is 22.5 Å². The molecule has 0 aliphatic heterocycles. The number of hydrogen-bond donors (Lipinski definition) is 1. The number of rotatable bonds is 3. The van der Waals surface area contributed by atoms with Crippen molar-refractivity contribution in [2.24, 2.45) is 0 Å². The van der Waals surface area contributed by atoms with E-state index in [2.05, 4.69) is 20.3 Å². The molecular formula is C20H14F2N4. The number of pyridine rings is 1. The molecule has 0 bridgehead atoms. The van der Waals surface area contributed by atoms with Gasteiger partial charge in [-0.15, -0.1) is 0 Å². The van der Waals surface area contributed by atoms with Gasteiger partial charge in [0.2, 0.25) is 0 Å². The van der Waals surface area contributed by atoms with Gasteiger partial charge in [0.05, 0.1) is 5.52 Å². The van der Waals surface area contributed by atoms with Crippen LogP contribution in [0.1, 0.15) is 4.11 Å². The Morgan fingerprint density at radius 3 is 2.73 bits per heavy atom. The summed E-state index contributed by atoms with van der Waals surface area (Å²) in [6, 6.07) is 11.4. The summed E-state index contributed by atoms with van der Waals surface area (Å²) in [5.41, 5.74) is 1.46. The molecule has 0 unspecified atom stereocenters. The van der Waals surface area contributed by atoms with E-state index in [1.54, 1.807) is 42.7 Å². The smallest absolute Gasteiger partial charge is 0.163 e. The van der Waals surface area contributed by atoms with Crippen molar-refractivity contribution in [1.82, 2.24) is 15.0 Å². The second kappa shape index (κ2) is 6.48. The molecule has 2 heterocycles. The summed E-state index contributed by atoms with van der Waals surface area (Å²) in [4.78, 5) is 12.8. The molecule has 0 amide bonds. The van der Waals surface area contributed by atoms with Gasteiger partial charge >= 0.3 is 0 Å². The van der Waals surface area contributed by atoms with Crippen LogP contribution < -0.4 is 5.32 Å². The lowest BCUT2D eigenvalue weighted by Crippen LogP contribution is -1.99. The molecule has 128 valence electrons. The highest BCUT2D eigenvalue weighted by molar-refractivity contribution is 5.93. The largest absolute Gasteiger partial charge is 0.373 e. The molecular weight excluding hydrogens is 334 g/mol. The first-order valence-electron chi connectivity index (χ1n) is 9.26. The molecule has 1 N–H and O–H groups in total. The fourth-order valence-corrected chi connectivity index (χ4v) is 2.74. The van der Waals surface area contributed by atoms with Crippen LogP contribution in [0.15, 0.2) is 60.9 Å². The maximum atomic E-state index is 14.2. The quantitative estimate of drug-likeness (QED) is 0.582. The van der Waals surface area contributed by atoms with E-state index in [0.717, 1.165) is 18.2 Å². The van der Waals surface area contributed by atoms with E-state index in [-0.39, 0.29) is 17.2 Å². The maximum absolute atomic E-state index is 14.2. The Balaban J connectivity index is 1.93. The van der Waals surface area contributed by atoms with E-state index in [1.807, 2.05) is 0 Å². The monoisotopic (exact) mass is 351 g/mol. The fraction of sp³-hybridized carbons (Fsp3) is 0.0500. The fourth-order valence-electron chi connectivity index (χ4n) is 2.74. The van der Waals surface area contributed by atoms with Gasteiger partial charge in [0.1, 0.15) is 17.5 Å². The molecule has 6 heteroatoms. The lowest BCUT2D eigenvalue weighted by Gasteiger charge is -2.10. The molecule has 4 aromatic rings. The van der Waals surface area contributed by atoms with Gasteiger partial charge in [0, 0.05) is 40.0 Å². The molecule has 0 aliphatic carbocycles. The van der Waals surface area contributed by atoms with E-state index in [1.165, 1.54) is 0 Å². The van der Waals surface area contributed by atoms with Crippen LogP contribution in [0.2, 0.25) is 0 Å². The van der Waals surface area contributed by atoms with Gasteiger partial charge in [0.15, 0.2) is 5.82 Å². The summed E-state index contributed by atoms with van der Waals surface area (Å²) >= 11 is 0. The molecule has 4 nitrogen and oxygen atoms in total. The Labute approximate surface area is 152 Å². The van der Waals surface area contributed by atoms with Gasteiger partial charge in [0.25, 0.3) is 0 Å². The minimum atomic E-state index is -2.47. The standard InChI is InChI=1S/C20H14F2N4/c1-23-20-15-6-4-12(16-10-14(21)5-7-17(16)22)9-18(15)25-19(26-20)13-3-2-8-24-11-13/h2-11H,1H3,(H,23,25,26)/i1D3. The summed E-state index contributed by atoms with van der Waals surface area (Å²) in [5, 5.41) is 2.85. The van der Waals surface area contributed by atoms with Crippen LogP contribution in [-0.4, -0.2) is 21.9 Å². The third kappa shape index (κ3) is 2.86. The molecule has 2 aromatic carbocycles. The minimum absolute atomic E-state index is 0.0822. The number of halogens is 2. The van der Waals surface area contributed by atoms with Crippen molar-refractivity contribution in [3.05, 3.63) is 72.6 Å². The van der Waals surface area contributed by atoms with E-state index in [4.69, 9.17) is 4.11 Å². The maximum Gasteiger partial charge on any atom is 0.163 e. The summed E-state index contributed by atoms with van der Waals surface area (Å²) < 4.78 is 50.3. The SMILES string of the molecule is [2H]C([2H])([2H])Nc1nc(-c2cccnc2)nc2cc(-c3cc(F)ccc3F)ccc12. The molecule has 0 saturated carbocycles. The molecule has 0 atom stereocenters.